The molecular weight excluding hydrogens is 521 g/mol. The molecule has 198 valence electrons. The van der Waals surface area contributed by atoms with Crippen LogP contribution >= 0.6 is 18.7 Å². The van der Waals surface area contributed by atoms with E-state index in [1.807, 2.05) is 36.4 Å². The molecule has 0 saturated carbocycles. The average Bonchev–Trinajstić information content (AvgIpc) is 2.84. The van der Waals surface area contributed by atoms with Gasteiger partial charge in [0.15, 0.2) is 5.75 Å². The summed E-state index contributed by atoms with van der Waals surface area (Å²) in [5.74, 6) is 1.56. The molecule has 1 aromatic heterocycles. The van der Waals surface area contributed by atoms with E-state index < -0.39 is 13.2 Å². The van der Waals surface area contributed by atoms with Crippen molar-refractivity contribution in [2.24, 2.45) is 0 Å². The summed E-state index contributed by atoms with van der Waals surface area (Å²) in [6.45, 7) is 9.57. The van der Waals surface area contributed by atoms with E-state index in [4.69, 9.17) is 21.1 Å². The second-order valence-electron chi connectivity index (χ2n) is 10.3. The topological polar surface area (TPSA) is 89.6 Å². The summed E-state index contributed by atoms with van der Waals surface area (Å²) in [5.41, 5.74) is 1.76. The van der Waals surface area contributed by atoms with Crippen LogP contribution in [0, 0.1) is 0 Å². The molecule has 2 N–H and O–H groups in total. The Hall–Kier alpha value is -3.54. The maximum absolute atomic E-state index is 13.2. The van der Waals surface area contributed by atoms with E-state index >= 15 is 0 Å². The predicted molar refractivity (Wildman–Crippen MR) is 157 cm³/mol. The lowest BCUT2D eigenvalue weighted by molar-refractivity contribution is 0.262. The highest BCUT2D eigenvalue weighted by Gasteiger charge is 2.26. The van der Waals surface area contributed by atoms with Gasteiger partial charge in [-0.05, 0) is 54.6 Å². The number of pyridine rings is 1. The van der Waals surface area contributed by atoms with Gasteiger partial charge in [-0.2, -0.15) is 0 Å². The molecule has 0 unspecified atom stereocenters. The van der Waals surface area contributed by atoms with Crippen LogP contribution in [0.2, 0.25) is 5.15 Å². The number of carbonyl (C=O) groups excluding carboxylic acids is 1. The molecule has 4 rings (SSSR count). The van der Waals surface area contributed by atoms with Gasteiger partial charge in [-0.1, -0.05) is 56.6 Å². The van der Waals surface area contributed by atoms with Crippen LogP contribution in [0.4, 0.5) is 16.2 Å². The molecule has 0 radical (unpaired) electrons. The highest BCUT2D eigenvalue weighted by atomic mass is 35.5. The molecule has 0 fully saturated rings. The highest BCUT2D eigenvalue weighted by Crippen LogP contribution is 2.43. The number of amides is 2. The fraction of sp³-hybridized carbons (Fsp3) is 0.241. The molecule has 0 bridgehead atoms. The quantitative estimate of drug-likeness (QED) is 0.188. The number of nitrogens with one attached hydrogen (secondary N) is 2. The van der Waals surface area contributed by atoms with E-state index in [2.05, 4.69) is 36.4 Å². The van der Waals surface area contributed by atoms with Crippen LogP contribution < -0.4 is 25.4 Å². The molecule has 0 aliphatic rings. The van der Waals surface area contributed by atoms with Crippen LogP contribution in [0.3, 0.4) is 0 Å². The number of anilines is 2. The van der Waals surface area contributed by atoms with E-state index in [1.165, 1.54) is 7.11 Å². The van der Waals surface area contributed by atoms with Crippen LogP contribution in [-0.2, 0) is 9.98 Å². The minimum absolute atomic E-state index is 0.228. The molecule has 0 saturated heterocycles. The first-order chi connectivity index (χ1) is 17.9. The summed E-state index contributed by atoms with van der Waals surface area (Å²) in [4.78, 5) is 17.2. The summed E-state index contributed by atoms with van der Waals surface area (Å²) in [7, 11) is -1.19. The SMILES string of the molecule is COc1c(NC(=O)Nc2ccc(Oc3ccnc(Cl)c3)c3ccccc23)cc(C(C)(C)C)cc1P(C)(C)=O. The standard InChI is InChI=1S/C29H31ClN3O4P/c1-29(2,3)18-15-23(27(36-4)25(16-18)38(5,6)35)33-28(34)32-22-11-12-24(21-10-8-7-9-20(21)22)37-19-13-14-31-26(30)17-19/h7-17H,1-6H3,(H2,32,33,34). The Morgan fingerprint density at radius 2 is 1.63 bits per heavy atom. The molecule has 4 aromatic rings. The molecule has 1 heterocycles. The van der Waals surface area contributed by atoms with Gasteiger partial charge in [0.2, 0.25) is 0 Å². The summed E-state index contributed by atoms with van der Waals surface area (Å²) in [5, 5.41) is 8.38. The molecular formula is C29H31ClN3O4P. The van der Waals surface area contributed by atoms with Crippen molar-refractivity contribution in [3.63, 3.8) is 0 Å². The number of urea groups is 1. The third-order valence-corrected chi connectivity index (χ3v) is 7.73. The lowest BCUT2D eigenvalue weighted by Crippen LogP contribution is -2.23. The van der Waals surface area contributed by atoms with Crippen molar-refractivity contribution >= 4 is 52.2 Å². The number of carbonyl (C=O) groups is 1. The Morgan fingerprint density at radius 3 is 2.26 bits per heavy atom. The Labute approximate surface area is 227 Å². The molecule has 0 spiro atoms. The molecule has 7 nitrogen and oxygen atoms in total. The van der Waals surface area contributed by atoms with Crippen molar-refractivity contribution in [3.05, 3.63) is 77.6 Å². The Balaban J connectivity index is 1.67. The van der Waals surface area contributed by atoms with Gasteiger partial charge in [0.25, 0.3) is 0 Å². The number of aromatic nitrogens is 1. The molecule has 0 aliphatic heterocycles. The fourth-order valence-corrected chi connectivity index (χ4v) is 5.39. The van der Waals surface area contributed by atoms with Crippen LogP contribution in [-0.4, -0.2) is 31.5 Å². The largest absolute Gasteiger partial charge is 0.494 e. The predicted octanol–water partition coefficient (Wildman–Crippen LogP) is 7.88. The third kappa shape index (κ3) is 6.12. The normalized spacial score (nSPS) is 11.8. The van der Waals surface area contributed by atoms with Crippen molar-refractivity contribution in [2.75, 3.05) is 31.1 Å². The average molecular weight is 552 g/mol. The van der Waals surface area contributed by atoms with Crippen molar-refractivity contribution < 1.29 is 18.8 Å². The van der Waals surface area contributed by atoms with Crippen LogP contribution in [0.5, 0.6) is 17.2 Å². The summed E-state index contributed by atoms with van der Waals surface area (Å²) in [6, 6.07) is 17.8. The van der Waals surface area contributed by atoms with Gasteiger partial charge in [0.1, 0.15) is 23.8 Å². The van der Waals surface area contributed by atoms with Crippen molar-refractivity contribution in [2.45, 2.75) is 26.2 Å². The van der Waals surface area contributed by atoms with Gasteiger partial charge in [0.05, 0.1) is 23.8 Å². The minimum Gasteiger partial charge on any atom is -0.494 e. The number of benzene rings is 3. The van der Waals surface area contributed by atoms with E-state index in [9.17, 15) is 9.36 Å². The van der Waals surface area contributed by atoms with Gasteiger partial charge in [-0.3, -0.25) is 0 Å². The minimum atomic E-state index is -2.70. The first-order valence-corrected chi connectivity index (χ1v) is 15.0. The maximum Gasteiger partial charge on any atom is 0.323 e. The smallest absolute Gasteiger partial charge is 0.323 e. The zero-order chi connectivity index (χ0) is 27.7. The Kier molecular flexibility index (Phi) is 7.73. The van der Waals surface area contributed by atoms with Crippen LogP contribution in [0.1, 0.15) is 26.3 Å². The zero-order valence-electron chi connectivity index (χ0n) is 22.3. The number of rotatable bonds is 6. The summed E-state index contributed by atoms with van der Waals surface area (Å²) < 4.78 is 24.8. The fourth-order valence-electron chi connectivity index (χ4n) is 4.07. The van der Waals surface area contributed by atoms with E-state index in [0.717, 1.165) is 16.3 Å². The van der Waals surface area contributed by atoms with Gasteiger partial charge in [-0.15, -0.1) is 0 Å². The van der Waals surface area contributed by atoms with Gasteiger partial charge >= 0.3 is 6.03 Å². The first-order valence-electron chi connectivity index (χ1n) is 12.0. The first kappa shape index (κ1) is 27.5. The lowest BCUT2D eigenvalue weighted by atomic mass is 9.86. The van der Waals surface area contributed by atoms with Gasteiger partial charge < -0.3 is 24.7 Å². The van der Waals surface area contributed by atoms with Gasteiger partial charge in [0, 0.05) is 23.0 Å². The number of methoxy groups -OCH3 is 1. The number of hydrogen-bond acceptors (Lipinski definition) is 5. The van der Waals surface area contributed by atoms with Crippen molar-refractivity contribution in [1.82, 2.24) is 4.98 Å². The number of nitrogens with zero attached hydrogens (tertiary/aromatic N) is 1. The van der Waals surface area contributed by atoms with Crippen LogP contribution in [0.25, 0.3) is 10.8 Å². The van der Waals surface area contributed by atoms with E-state index in [-0.39, 0.29) is 5.41 Å². The maximum atomic E-state index is 13.2. The zero-order valence-corrected chi connectivity index (χ0v) is 23.9. The van der Waals surface area contributed by atoms with Crippen LogP contribution in [0.15, 0.2) is 66.9 Å². The summed E-state index contributed by atoms with van der Waals surface area (Å²) >= 11 is 6.00. The summed E-state index contributed by atoms with van der Waals surface area (Å²) in [6.07, 6.45) is 1.57. The van der Waals surface area contributed by atoms with Gasteiger partial charge in [-0.25, -0.2) is 9.78 Å². The van der Waals surface area contributed by atoms with E-state index in [1.54, 1.807) is 43.8 Å². The molecule has 2 amide bonds. The molecule has 0 aliphatic carbocycles. The monoisotopic (exact) mass is 551 g/mol. The van der Waals surface area contributed by atoms with Crippen molar-refractivity contribution in [3.8, 4) is 17.2 Å². The molecule has 38 heavy (non-hydrogen) atoms. The van der Waals surface area contributed by atoms with E-state index in [0.29, 0.717) is 39.1 Å². The molecule has 0 atom stereocenters. The Bertz CT molecular complexity index is 1560. The van der Waals surface area contributed by atoms with Crippen molar-refractivity contribution in [1.29, 1.82) is 0 Å². The molecule has 9 heteroatoms. The highest BCUT2D eigenvalue weighted by molar-refractivity contribution is 7.70. The number of ether oxygens (including phenoxy) is 2. The third-order valence-electron chi connectivity index (χ3n) is 6.03. The number of halogens is 1. The molecule has 3 aromatic carbocycles. The lowest BCUT2D eigenvalue weighted by Gasteiger charge is -2.25. The second-order valence-corrected chi connectivity index (χ2v) is 13.9. The second kappa shape index (κ2) is 10.7. The number of hydrogen-bond donors (Lipinski definition) is 2. The Morgan fingerprint density at radius 1 is 0.947 bits per heavy atom. The number of fused-ring (bicyclic) bond motifs is 1.